The van der Waals surface area contributed by atoms with Crippen molar-refractivity contribution in [2.75, 3.05) is 46.3 Å². The van der Waals surface area contributed by atoms with E-state index in [4.69, 9.17) is 0 Å². The largest absolute Gasteiger partial charge is 0.353 e. The topological polar surface area (TPSA) is 93.8 Å². The van der Waals surface area contributed by atoms with Gasteiger partial charge < -0.3 is 15.5 Å². The van der Waals surface area contributed by atoms with Crippen LogP contribution >= 0.6 is 0 Å². The van der Waals surface area contributed by atoms with Crippen molar-refractivity contribution < 1.29 is 14.4 Å². The molecular weight excluding hydrogens is 298 g/mol. The van der Waals surface area contributed by atoms with E-state index in [0.717, 1.165) is 32.6 Å². The third-order valence-corrected chi connectivity index (χ3v) is 3.99. The fourth-order valence-corrected chi connectivity index (χ4v) is 2.31. The summed E-state index contributed by atoms with van der Waals surface area (Å²) in [5.74, 6) is -0.211. The Morgan fingerprint density at radius 3 is 2.22 bits per heavy atom. The van der Waals surface area contributed by atoms with Crippen molar-refractivity contribution in [3.8, 4) is 0 Å². The summed E-state index contributed by atoms with van der Waals surface area (Å²) in [5.41, 5.74) is 0. The summed E-state index contributed by atoms with van der Waals surface area (Å²) in [6.45, 7) is 8.36. The van der Waals surface area contributed by atoms with Gasteiger partial charge in [0.05, 0.1) is 6.54 Å². The number of amides is 4. The predicted molar refractivity (Wildman–Crippen MR) is 88.0 cm³/mol. The molecule has 1 rings (SSSR count). The predicted octanol–water partition coefficient (Wildman–Crippen LogP) is -0.636. The normalized spacial score (nSPS) is 17.3. The van der Waals surface area contributed by atoms with Gasteiger partial charge in [0.2, 0.25) is 11.8 Å². The van der Waals surface area contributed by atoms with E-state index in [0.29, 0.717) is 19.5 Å². The summed E-state index contributed by atoms with van der Waals surface area (Å²) >= 11 is 0. The highest BCUT2D eigenvalue weighted by atomic mass is 16.2. The molecular formula is C15H29N5O3. The number of hydrogen-bond acceptors (Lipinski definition) is 5. The van der Waals surface area contributed by atoms with E-state index in [2.05, 4.69) is 25.8 Å². The number of nitrogens with zero attached hydrogens (tertiary/aromatic N) is 2. The van der Waals surface area contributed by atoms with Gasteiger partial charge in [-0.3, -0.25) is 19.8 Å². The Morgan fingerprint density at radius 1 is 1.04 bits per heavy atom. The Hall–Kier alpha value is -1.67. The molecule has 132 valence electrons. The number of carbonyl (C=O) groups is 3. The lowest BCUT2D eigenvalue weighted by Crippen LogP contribution is -2.50. The van der Waals surface area contributed by atoms with Crippen LogP contribution in [-0.2, 0) is 9.59 Å². The van der Waals surface area contributed by atoms with Crippen molar-refractivity contribution >= 4 is 17.8 Å². The molecule has 1 aliphatic heterocycles. The Kier molecular flexibility index (Phi) is 8.57. The molecule has 0 bridgehead atoms. The van der Waals surface area contributed by atoms with Gasteiger partial charge in [-0.15, -0.1) is 0 Å². The van der Waals surface area contributed by atoms with E-state index < -0.39 is 6.03 Å². The maximum absolute atomic E-state index is 11.9. The maximum Gasteiger partial charge on any atom is 0.321 e. The van der Waals surface area contributed by atoms with Crippen LogP contribution in [0.25, 0.3) is 0 Å². The van der Waals surface area contributed by atoms with E-state index in [1.807, 2.05) is 13.8 Å². The minimum atomic E-state index is -0.480. The van der Waals surface area contributed by atoms with Crippen LogP contribution in [0.2, 0.25) is 0 Å². The SMILES string of the molecule is CCC(C)NC(=O)CN1CCN(CCC(=O)NC(=O)NC)CC1. The molecule has 4 amide bonds. The summed E-state index contributed by atoms with van der Waals surface area (Å²) in [6.07, 6.45) is 1.22. The van der Waals surface area contributed by atoms with E-state index in [9.17, 15) is 14.4 Å². The number of carbonyl (C=O) groups excluding carboxylic acids is 3. The van der Waals surface area contributed by atoms with Gasteiger partial charge >= 0.3 is 6.03 Å². The number of imide groups is 1. The fraction of sp³-hybridized carbons (Fsp3) is 0.800. The Labute approximate surface area is 137 Å². The molecule has 0 aromatic heterocycles. The van der Waals surface area contributed by atoms with Crippen molar-refractivity contribution in [3.63, 3.8) is 0 Å². The van der Waals surface area contributed by atoms with Crippen LogP contribution in [0.4, 0.5) is 4.79 Å². The minimum absolute atomic E-state index is 0.0674. The average molecular weight is 327 g/mol. The molecule has 1 atom stereocenters. The summed E-state index contributed by atoms with van der Waals surface area (Å²) in [7, 11) is 1.47. The van der Waals surface area contributed by atoms with Gasteiger partial charge in [0.1, 0.15) is 0 Å². The van der Waals surface area contributed by atoms with Crippen LogP contribution in [0.15, 0.2) is 0 Å². The zero-order valence-corrected chi connectivity index (χ0v) is 14.4. The molecule has 3 N–H and O–H groups in total. The highest BCUT2D eigenvalue weighted by Gasteiger charge is 2.20. The van der Waals surface area contributed by atoms with Crippen LogP contribution in [0, 0.1) is 0 Å². The highest BCUT2D eigenvalue weighted by Crippen LogP contribution is 2.02. The van der Waals surface area contributed by atoms with Gasteiger partial charge in [-0.05, 0) is 13.3 Å². The third kappa shape index (κ3) is 7.94. The summed E-state index contributed by atoms with van der Waals surface area (Å²) in [5, 5.41) is 7.56. The van der Waals surface area contributed by atoms with Gasteiger partial charge in [-0.1, -0.05) is 6.92 Å². The number of nitrogens with one attached hydrogen (secondary N) is 3. The van der Waals surface area contributed by atoms with E-state index in [1.54, 1.807) is 0 Å². The molecule has 1 fully saturated rings. The molecule has 1 unspecified atom stereocenters. The second-order valence-corrected chi connectivity index (χ2v) is 5.87. The van der Waals surface area contributed by atoms with Crippen molar-refractivity contribution in [1.82, 2.24) is 25.8 Å². The van der Waals surface area contributed by atoms with Gasteiger partial charge in [-0.25, -0.2) is 4.79 Å². The molecule has 0 saturated carbocycles. The quantitative estimate of drug-likeness (QED) is 0.579. The number of hydrogen-bond donors (Lipinski definition) is 3. The summed E-state index contributed by atoms with van der Waals surface area (Å²) in [6, 6.07) is -0.269. The molecule has 8 heteroatoms. The maximum atomic E-state index is 11.9. The first kappa shape index (κ1) is 19.4. The summed E-state index contributed by atoms with van der Waals surface area (Å²) in [4.78, 5) is 38.7. The van der Waals surface area contributed by atoms with Gasteiger partial charge in [0.15, 0.2) is 0 Å². The third-order valence-electron chi connectivity index (χ3n) is 3.99. The van der Waals surface area contributed by atoms with Crippen LogP contribution < -0.4 is 16.0 Å². The molecule has 0 aromatic rings. The van der Waals surface area contributed by atoms with Crippen molar-refractivity contribution in [1.29, 1.82) is 0 Å². The molecule has 8 nitrogen and oxygen atoms in total. The smallest absolute Gasteiger partial charge is 0.321 e. The first-order valence-corrected chi connectivity index (χ1v) is 8.20. The standard InChI is InChI=1S/C15H29N5O3/c1-4-12(2)17-14(22)11-20-9-7-19(8-10-20)6-5-13(21)18-15(23)16-3/h12H,4-11H2,1-3H3,(H,17,22)(H2,16,18,21,23). The Bertz CT molecular complexity index is 408. The average Bonchev–Trinajstić information content (AvgIpc) is 2.53. The number of rotatable bonds is 7. The van der Waals surface area contributed by atoms with Crippen molar-refractivity contribution in [2.45, 2.75) is 32.7 Å². The van der Waals surface area contributed by atoms with Crippen LogP contribution in [0.5, 0.6) is 0 Å². The lowest BCUT2D eigenvalue weighted by molar-refractivity contribution is -0.123. The molecule has 0 aromatic carbocycles. The minimum Gasteiger partial charge on any atom is -0.353 e. The summed E-state index contributed by atoms with van der Waals surface area (Å²) < 4.78 is 0. The zero-order valence-electron chi connectivity index (χ0n) is 14.4. The van der Waals surface area contributed by atoms with Crippen molar-refractivity contribution in [3.05, 3.63) is 0 Å². The number of urea groups is 1. The second-order valence-electron chi connectivity index (χ2n) is 5.87. The first-order valence-electron chi connectivity index (χ1n) is 8.20. The van der Waals surface area contributed by atoms with Gasteiger partial charge in [0, 0.05) is 52.2 Å². The molecule has 0 aliphatic carbocycles. The lowest BCUT2D eigenvalue weighted by atomic mass is 10.2. The fourth-order valence-electron chi connectivity index (χ4n) is 2.31. The Balaban J connectivity index is 2.19. The second kappa shape index (κ2) is 10.2. The van der Waals surface area contributed by atoms with E-state index in [1.165, 1.54) is 7.05 Å². The number of piperazine rings is 1. The van der Waals surface area contributed by atoms with Crippen molar-refractivity contribution in [2.24, 2.45) is 0 Å². The highest BCUT2D eigenvalue weighted by molar-refractivity contribution is 5.94. The zero-order chi connectivity index (χ0) is 17.2. The molecule has 0 spiro atoms. The van der Waals surface area contributed by atoms with E-state index >= 15 is 0 Å². The first-order chi connectivity index (χ1) is 10.9. The molecule has 1 aliphatic rings. The van der Waals surface area contributed by atoms with Gasteiger partial charge in [-0.2, -0.15) is 0 Å². The van der Waals surface area contributed by atoms with Gasteiger partial charge in [0.25, 0.3) is 0 Å². The molecule has 23 heavy (non-hydrogen) atoms. The Morgan fingerprint density at radius 2 is 1.65 bits per heavy atom. The molecule has 0 radical (unpaired) electrons. The molecule has 1 saturated heterocycles. The van der Waals surface area contributed by atoms with Crippen LogP contribution in [0.3, 0.4) is 0 Å². The van der Waals surface area contributed by atoms with Crippen LogP contribution in [-0.4, -0.2) is 80.0 Å². The molecule has 1 heterocycles. The lowest BCUT2D eigenvalue weighted by Gasteiger charge is -2.34. The van der Waals surface area contributed by atoms with Crippen LogP contribution in [0.1, 0.15) is 26.7 Å². The monoisotopic (exact) mass is 327 g/mol. The van der Waals surface area contributed by atoms with E-state index in [-0.39, 0.29) is 17.9 Å².